The fourth-order valence-electron chi connectivity index (χ4n) is 2.47. The summed E-state index contributed by atoms with van der Waals surface area (Å²) in [6.45, 7) is 5.84. The van der Waals surface area contributed by atoms with E-state index in [2.05, 4.69) is 5.43 Å². The number of nitrogens with one attached hydrogen (secondary N) is 1. The quantitative estimate of drug-likeness (QED) is 0.667. The van der Waals surface area contributed by atoms with Crippen molar-refractivity contribution in [1.29, 1.82) is 0 Å². The number of furan rings is 1. The van der Waals surface area contributed by atoms with Gasteiger partial charge >= 0.3 is 0 Å². The fraction of sp³-hybridized carbons (Fsp3) is 0.333. The first-order valence-corrected chi connectivity index (χ1v) is 6.78. The van der Waals surface area contributed by atoms with Gasteiger partial charge in [0.1, 0.15) is 17.3 Å². The van der Waals surface area contributed by atoms with Crippen molar-refractivity contribution in [3.05, 3.63) is 57.2 Å². The lowest BCUT2D eigenvalue weighted by atomic mass is 9.96. The van der Waals surface area contributed by atoms with Gasteiger partial charge in [0, 0.05) is 5.56 Å². The minimum absolute atomic E-state index is 0.103. The largest absolute Gasteiger partial charge is 0.466 e. The smallest absolute Gasteiger partial charge is 0.141 e. The molecular formula is C15H18ClFN2O. The molecule has 3 nitrogen and oxygen atoms in total. The fourth-order valence-corrected chi connectivity index (χ4v) is 2.67. The molecule has 5 heteroatoms. The van der Waals surface area contributed by atoms with Crippen LogP contribution < -0.4 is 11.3 Å². The average molecular weight is 297 g/mol. The highest BCUT2D eigenvalue weighted by Crippen LogP contribution is 2.29. The molecule has 0 aliphatic carbocycles. The van der Waals surface area contributed by atoms with E-state index in [1.165, 1.54) is 6.07 Å². The first kappa shape index (κ1) is 15.0. The number of aryl methyl sites for hydroxylation is 2. The molecule has 1 aromatic carbocycles. The summed E-state index contributed by atoms with van der Waals surface area (Å²) in [6.07, 6.45) is 0.608. The number of halogens is 2. The Kier molecular flexibility index (Phi) is 4.48. The lowest BCUT2D eigenvalue weighted by Crippen LogP contribution is -2.30. The van der Waals surface area contributed by atoms with E-state index in [4.69, 9.17) is 21.9 Å². The van der Waals surface area contributed by atoms with Gasteiger partial charge in [-0.15, -0.1) is 0 Å². The molecule has 0 fully saturated rings. The predicted molar refractivity (Wildman–Crippen MR) is 78.1 cm³/mol. The Labute approximate surface area is 122 Å². The van der Waals surface area contributed by atoms with Crippen LogP contribution in [-0.2, 0) is 6.42 Å². The van der Waals surface area contributed by atoms with Crippen LogP contribution in [0.1, 0.15) is 34.3 Å². The number of benzene rings is 1. The second kappa shape index (κ2) is 5.95. The summed E-state index contributed by atoms with van der Waals surface area (Å²) in [5.74, 6) is 6.98. The normalized spacial score (nSPS) is 12.7. The van der Waals surface area contributed by atoms with Gasteiger partial charge in [0.05, 0.1) is 11.1 Å². The minimum atomic E-state index is -0.417. The molecule has 1 heterocycles. The average Bonchev–Trinajstić information content (AvgIpc) is 2.65. The molecule has 1 unspecified atom stereocenters. The first-order valence-electron chi connectivity index (χ1n) is 6.40. The van der Waals surface area contributed by atoms with Gasteiger partial charge in [-0.2, -0.15) is 0 Å². The highest BCUT2D eigenvalue weighted by atomic mass is 35.5. The molecule has 20 heavy (non-hydrogen) atoms. The summed E-state index contributed by atoms with van der Waals surface area (Å²) in [6, 6.07) is 4.60. The van der Waals surface area contributed by atoms with Crippen LogP contribution in [0.15, 0.2) is 22.6 Å². The van der Waals surface area contributed by atoms with Crippen molar-refractivity contribution in [2.24, 2.45) is 5.84 Å². The Morgan fingerprint density at radius 2 is 2.00 bits per heavy atom. The highest BCUT2D eigenvalue weighted by Gasteiger charge is 2.20. The van der Waals surface area contributed by atoms with Gasteiger partial charge in [-0.3, -0.25) is 11.3 Å². The van der Waals surface area contributed by atoms with Crippen LogP contribution in [0.5, 0.6) is 0 Å². The van der Waals surface area contributed by atoms with Crippen molar-refractivity contribution in [3.63, 3.8) is 0 Å². The lowest BCUT2D eigenvalue weighted by molar-refractivity contribution is 0.484. The Morgan fingerprint density at radius 3 is 2.50 bits per heavy atom. The number of nitrogens with two attached hydrogens (primary N) is 1. The zero-order chi connectivity index (χ0) is 14.9. The van der Waals surface area contributed by atoms with Gasteiger partial charge in [0.15, 0.2) is 0 Å². The van der Waals surface area contributed by atoms with Crippen molar-refractivity contribution in [2.75, 3.05) is 0 Å². The van der Waals surface area contributed by atoms with E-state index in [-0.39, 0.29) is 11.1 Å². The second-order valence-corrected chi connectivity index (χ2v) is 5.33. The van der Waals surface area contributed by atoms with Crippen molar-refractivity contribution in [2.45, 2.75) is 33.2 Å². The zero-order valence-electron chi connectivity index (χ0n) is 11.8. The van der Waals surface area contributed by atoms with E-state index in [1.807, 2.05) is 20.8 Å². The van der Waals surface area contributed by atoms with Gasteiger partial charge in [-0.1, -0.05) is 17.7 Å². The number of hydrogen-bond acceptors (Lipinski definition) is 3. The van der Waals surface area contributed by atoms with E-state index < -0.39 is 5.82 Å². The van der Waals surface area contributed by atoms with E-state index >= 15 is 0 Å². The molecule has 0 radical (unpaired) electrons. The Hall–Kier alpha value is -1.36. The van der Waals surface area contributed by atoms with Crippen molar-refractivity contribution < 1.29 is 8.81 Å². The molecule has 0 aliphatic rings. The van der Waals surface area contributed by atoms with Gasteiger partial charge in [-0.05, 0) is 50.5 Å². The van der Waals surface area contributed by atoms with Crippen LogP contribution >= 0.6 is 11.6 Å². The van der Waals surface area contributed by atoms with E-state index in [1.54, 1.807) is 12.1 Å². The molecule has 1 aromatic heterocycles. The molecule has 2 aromatic rings. The molecule has 0 saturated carbocycles. The van der Waals surface area contributed by atoms with Gasteiger partial charge in [0.2, 0.25) is 0 Å². The van der Waals surface area contributed by atoms with Crippen LogP contribution in [0.25, 0.3) is 0 Å². The van der Waals surface area contributed by atoms with Crippen LogP contribution in [-0.4, -0.2) is 0 Å². The van der Waals surface area contributed by atoms with E-state index in [0.717, 1.165) is 28.2 Å². The second-order valence-electron chi connectivity index (χ2n) is 4.92. The third-order valence-electron chi connectivity index (χ3n) is 3.59. The molecule has 1 atom stereocenters. The summed E-state index contributed by atoms with van der Waals surface area (Å²) in [5.41, 5.74) is 5.84. The molecule has 0 spiro atoms. The third-order valence-corrected chi connectivity index (χ3v) is 3.88. The first-order chi connectivity index (χ1) is 9.43. The Morgan fingerprint density at radius 1 is 1.30 bits per heavy atom. The van der Waals surface area contributed by atoms with Gasteiger partial charge in [0.25, 0.3) is 0 Å². The predicted octanol–water partition coefficient (Wildman–Crippen LogP) is 3.74. The van der Waals surface area contributed by atoms with E-state index in [0.29, 0.717) is 6.42 Å². The van der Waals surface area contributed by atoms with E-state index in [9.17, 15) is 4.39 Å². The Bertz CT molecular complexity index is 625. The van der Waals surface area contributed by atoms with Gasteiger partial charge < -0.3 is 4.42 Å². The van der Waals surface area contributed by atoms with Crippen LogP contribution in [0, 0.1) is 26.6 Å². The summed E-state index contributed by atoms with van der Waals surface area (Å²) < 4.78 is 18.8. The summed E-state index contributed by atoms with van der Waals surface area (Å²) in [4.78, 5) is 0. The lowest BCUT2D eigenvalue weighted by Gasteiger charge is -2.17. The molecule has 3 N–H and O–H groups in total. The van der Waals surface area contributed by atoms with Crippen molar-refractivity contribution >= 4 is 11.6 Å². The topological polar surface area (TPSA) is 51.2 Å². The molecule has 0 aliphatic heterocycles. The summed E-state index contributed by atoms with van der Waals surface area (Å²) in [5, 5.41) is 0.120. The number of hydrazine groups is 1. The maximum Gasteiger partial charge on any atom is 0.141 e. The van der Waals surface area contributed by atoms with Crippen LogP contribution in [0.2, 0.25) is 5.02 Å². The number of hydrogen-bond donors (Lipinski definition) is 2. The molecule has 0 amide bonds. The Balaban J connectivity index is 2.31. The maximum atomic E-state index is 13.2. The SMILES string of the molecule is Cc1oc(C)c(C(Cc2ccc(F)c(Cl)c2)NN)c1C. The zero-order valence-corrected chi connectivity index (χ0v) is 12.5. The molecule has 0 saturated heterocycles. The minimum Gasteiger partial charge on any atom is -0.466 e. The van der Waals surface area contributed by atoms with Gasteiger partial charge in [-0.25, -0.2) is 4.39 Å². The van der Waals surface area contributed by atoms with Crippen LogP contribution in [0.3, 0.4) is 0 Å². The molecule has 0 bridgehead atoms. The van der Waals surface area contributed by atoms with Crippen molar-refractivity contribution in [3.8, 4) is 0 Å². The van der Waals surface area contributed by atoms with Crippen molar-refractivity contribution in [1.82, 2.24) is 5.43 Å². The molecular weight excluding hydrogens is 279 g/mol. The summed E-state index contributed by atoms with van der Waals surface area (Å²) in [7, 11) is 0. The summed E-state index contributed by atoms with van der Waals surface area (Å²) >= 11 is 5.81. The maximum absolute atomic E-state index is 13.2. The number of rotatable bonds is 4. The standard InChI is InChI=1S/C15H18ClFN2O/c1-8-9(2)20-10(3)15(8)14(19-18)7-11-4-5-13(17)12(16)6-11/h4-6,14,19H,7,18H2,1-3H3. The molecule has 2 rings (SSSR count). The third kappa shape index (κ3) is 2.87. The monoisotopic (exact) mass is 296 g/mol. The molecule has 108 valence electrons. The van der Waals surface area contributed by atoms with Crippen LogP contribution in [0.4, 0.5) is 4.39 Å². The highest BCUT2D eigenvalue weighted by molar-refractivity contribution is 6.30.